The lowest BCUT2D eigenvalue weighted by molar-refractivity contribution is 0.444. The molecule has 0 fully saturated rings. The topological polar surface area (TPSA) is 39.8 Å². The first-order valence-electron chi connectivity index (χ1n) is 15.8. The van der Waals surface area contributed by atoms with Gasteiger partial charge in [0.2, 0.25) is 0 Å². The van der Waals surface area contributed by atoms with Crippen molar-refractivity contribution in [3.63, 3.8) is 0 Å². The van der Waals surface area contributed by atoms with Crippen LogP contribution in [0.15, 0.2) is 150 Å². The summed E-state index contributed by atoms with van der Waals surface area (Å²) >= 11 is 0. The summed E-state index contributed by atoms with van der Waals surface area (Å²) in [7, 11) is 0. The van der Waals surface area contributed by atoms with Crippen LogP contribution < -0.4 is 14.4 Å². The molecule has 0 bridgehead atoms. The van der Waals surface area contributed by atoms with Crippen LogP contribution >= 0.6 is 0 Å². The molecule has 7 aromatic carbocycles. The molecule has 0 N–H and O–H groups in total. The van der Waals surface area contributed by atoms with Crippen LogP contribution in [0.4, 0.5) is 17.1 Å². The van der Waals surface area contributed by atoms with Gasteiger partial charge >= 0.3 is 0 Å². The van der Waals surface area contributed by atoms with E-state index in [9.17, 15) is 0 Å². The van der Waals surface area contributed by atoms with E-state index in [1.807, 2.05) is 36.4 Å². The van der Waals surface area contributed by atoms with E-state index in [-0.39, 0.29) is 0 Å². The van der Waals surface area contributed by atoms with Gasteiger partial charge in [-0.25, -0.2) is 0 Å². The van der Waals surface area contributed by atoms with E-state index in [0.717, 1.165) is 95.1 Å². The summed E-state index contributed by atoms with van der Waals surface area (Å²) in [4.78, 5) is 2.32. The number of hydrogen-bond donors (Lipinski definition) is 0. The average Bonchev–Trinajstić information content (AvgIpc) is 3.66. The smallest absolute Gasteiger partial charge is 0.155 e. The fraction of sp³-hybridized carbons (Fsp3) is 0. The summed E-state index contributed by atoms with van der Waals surface area (Å²) in [5.74, 6) is 3.24. The molecule has 0 spiro atoms. The maximum absolute atomic E-state index is 6.72. The van der Waals surface area contributed by atoms with Gasteiger partial charge in [0.15, 0.2) is 23.0 Å². The van der Waals surface area contributed by atoms with E-state index < -0.39 is 0 Å². The van der Waals surface area contributed by atoms with E-state index in [1.54, 1.807) is 0 Å². The molecule has 0 unspecified atom stereocenters. The number of rotatable bonds is 4. The van der Waals surface area contributed by atoms with Gasteiger partial charge in [0.05, 0.1) is 16.7 Å². The number of anilines is 3. The van der Waals surface area contributed by atoms with Gasteiger partial charge in [-0.2, -0.15) is 0 Å². The van der Waals surface area contributed by atoms with Crippen LogP contribution in [0.25, 0.3) is 60.6 Å². The molecule has 5 nitrogen and oxygen atoms in total. The van der Waals surface area contributed by atoms with E-state index in [1.165, 1.54) is 5.56 Å². The number of benzene rings is 7. The van der Waals surface area contributed by atoms with Gasteiger partial charge in [-0.05, 0) is 71.8 Å². The second kappa shape index (κ2) is 9.05. The van der Waals surface area contributed by atoms with Crippen molar-refractivity contribution in [1.82, 2.24) is 4.57 Å². The fourth-order valence-corrected chi connectivity index (χ4v) is 7.50. The molecule has 5 heteroatoms. The van der Waals surface area contributed by atoms with Gasteiger partial charge in [-0.3, -0.25) is 4.57 Å². The van der Waals surface area contributed by atoms with Crippen molar-refractivity contribution in [2.24, 2.45) is 0 Å². The summed E-state index contributed by atoms with van der Waals surface area (Å²) in [6.45, 7) is 0. The Bertz CT molecular complexity index is 2760. The molecule has 2 aliphatic heterocycles. The highest BCUT2D eigenvalue weighted by Gasteiger charge is 2.32. The van der Waals surface area contributed by atoms with Gasteiger partial charge in [-0.15, -0.1) is 0 Å². The largest absolute Gasteiger partial charge is 0.456 e. The molecule has 0 saturated heterocycles. The summed E-state index contributed by atoms with van der Waals surface area (Å²) in [5.41, 5.74) is 10.2. The number of para-hydroxylation sites is 3. The molecule has 0 amide bonds. The third kappa shape index (κ3) is 3.43. The summed E-state index contributed by atoms with van der Waals surface area (Å²) < 4.78 is 21.7. The molecule has 2 aliphatic rings. The van der Waals surface area contributed by atoms with Crippen LogP contribution in [0.3, 0.4) is 0 Å². The number of nitrogens with zero attached hydrogens (tertiary/aromatic N) is 2. The predicted molar refractivity (Wildman–Crippen MR) is 188 cm³/mol. The fourth-order valence-electron chi connectivity index (χ4n) is 7.50. The second-order valence-corrected chi connectivity index (χ2v) is 12.2. The summed E-state index contributed by atoms with van der Waals surface area (Å²) in [6, 6.07) is 50.7. The Kier molecular flexibility index (Phi) is 4.78. The Balaban J connectivity index is 1.21. The van der Waals surface area contributed by atoms with Crippen molar-refractivity contribution in [3.8, 4) is 39.8 Å². The zero-order valence-electron chi connectivity index (χ0n) is 25.0. The van der Waals surface area contributed by atoms with Gasteiger partial charge in [-0.1, -0.05) is 78.9 Å². The molecule has 0 aliphatic carbocycles. The zero-order valence-corrected chi connectivity index (χ0v) is 25.0. The maximum Gasteiger partial charge on any atom is 0.155 e. The Morgan fingerprint density at radius 2 is 1.06 bits per heavy atom. The molecule has 9 aromatic rings. The van der Waals surface area contributed by atoms with Gasteiger partial charge in [0, 0.05) is 39.0 Å². The minimum absolute atomic E-state index is 0.782. The van der Waals surface area contributed by atoms with Crippen molar-refractivity contribution < 1.29 is 13.9 Å². The molecule has 0 radical (unpaired) electrons. The lowest BCUT2D eigenvalue weighted by atomic mass is 10.0. The number of furan rings is 1. The molecule has 47 heavy (non-hydrogen) atoms. The predicted octanol–water partition coefficient (Wildman–Crippen LogP) is 12.0. The Hall–Kier alpha value is -6.46. The third-order valence-electron chi connectivity index (χ3n) is 9.51. The SMILES string of the molecule is c1ccc(-c2cccc(N(c3ccc4oc5ccccc5c4c3)c3cc4c5c(c3)c3cccc6c3n5-c3c(cccc3O4)O6)c2)cc1. The second-order valence-electron chi connectivity index (χ2n) is 12.2. The Morgan fingerprint density at radius 1 is 0.404 bits per heavy atom. The molecule has 0 saturated carbocycles. The highest BCUT2D eigenvalue weighted by atomic mass is 16.5. The average molecular weight is 605 g/mol. The van der Waals surface area contributed by atoms with Crippen LogP contribution in [-0.2, 0) is 0 Å². The summed E-state index contributed by atoms with van der Waals surface area (Å²) in [6.07, 6.45) is 0. The Morgan fingerprint density at radius 3 is 1.98 bits per heavy atom. The first-order valence-corrected chi connectivity index (χ1v) is 15.8. The van der Waals surface area contributed by atoms with Crippen LogP contribution in [-0.4, -0.2) is 4.57 Å². The lowest BCUT2D eigenvalue weighted by Gasteiger charge is -2.29. The normalized spacial score (nSPS) is 12.6. The van der Waals surface area contributed by atoms with Gasteiger partial charge in [0.25, 0.3) is 0 Å². The lowest BCUT2D eigenvalue weighted by Crippen LogP contribution is -2.12. The zero-order chi connectivity index (χ0) is 30.6. The molecular weight excluding hydrogens is 580 g/mol. The third-order valence-corrected chi connectivity index (χ3v) is 9.51. The Labute approximate surface area is 269 Å². The molecule has 4 heterocycles. The minimum atomic E-state index is 0.782. The quantitative estimate of drug-likeness (QED) is 0.200. The van der Waals surface area contributed by atoms with Crippen LogP contribution in [0.1, 0.15) is 0 Å². The molecular formula is C42H24N2O3. The van der Waals surface area contributed by atoms with E-state index in [4.69, 9.17) is 13.9 Å². The minimum Gasteiger partial charge on any atom is -0.456 e. The first-order chi connectivity index (χ1) is 23.3. The number of ether oxygens (including phenoxy) is 2. The van der Waals surface area contributed by atoms with Crippen molar-refractivity contribution in [2.75, 3.05) is 4.90 Å². The van der Waals surface area contributed by atoms with Crippen LogP contribution in [0.2, 0.25) is 0 Å². The van der Waals surface area contributed by atoms with Crippen molar-refractivity contribution >= 4 is 60.8 Å². The number of hydrogen-bond acceptors (Lipinski definition) is 4. The highest BCUT2D eigenvalue weighted by Crippen LogP contribution is 2.55. The molecule has 0 atom stereocenters. The van der Waals surface area contributed by atoms with Gasteiger partial charge in [0.1, 0.15) is 16.9 Å². The van der Waals surface area contributed by atoms with Crippen LogP contribution in [0.5, 0.6) is 23.0 Å². The van der Waals surface area contributed by atoms with E-state index >= 15 is 0 Å². The van der Waals surface area contributed by atoms with Crippen molar-refractivity contribution in [1.29, 1.82) is 0 Å². The van der Waals surface area contributed by atoms with Gasteiger partial charge < -0.3 is 18.8 Å². The molecule has 11 rings (SSSR count). The monoisotopic (exact) mass is 604 g/mol. The number of fused-ring (bicyclic) bond motifs is 4. The van der Waals surface area contributed by atoms with E-state index in [2.05, 4.69) is 119 Å². The van der Waals surface area contributed by atoms with E-state index in [0.29, 0.717) is 0 Å². The highest BCUT2D eigenvalue weighted by molar-refractivity contribution is 6.16. The maximum atomic E-state index is 6.72. The standard InChI is InChI=1S/C42H24N2O3/c1-2-9-25(10-3-1)26-11-6-12-27(21-26)43(28-19-20-35-32(22-28)30-13-4-5-15-34(30)45-35)29-23-33-31-14-7-16-36-40(31)44-41(33)39(24-29)47-38-18-8-17-37(46-36)42(38)44/h1-24H. The summed E-state index contributed by atoms with van der Waals surface area (Å²) in [5, 5.41) is 4.41. The van der Waals surface area contributed by atoms with Crippen LogP contribution in [0, 0.1) is 0 Å². The molecule has 220 valence electrons. The van der Waals surface area contributed by atoms with Crippen molar-refractivity contribution in [3.05, 3.63) is 146 Å². The number of aromatic nitrogens is 1. The molecule has 2 aromatic heterocycles. The first kappa shape index (κ1) is 24.8. The van der Waals surface area contributed by atoms with Crippen molar-refractivity contribution in [2.45, 2.75) is 0 Å².